The molecule has 12 N–H and O–H groups in total. The molecule has 0 aliphatic carbocycles. The zero-order valence-corrected chi connectivity index (χ0v) is 56.3. The number of rotatable bonds is 56. The van der Waals surface area contributed by atoms with Crippen molar-refractivity contribution in [1.29, 1.82) is 0 Å². The van der Waals surface area contributed by atoms with Crippen molar-refractivity contribution in [2.24, 2.45) is 0 Å². The molecule has 0 spiro atoms. The number of ether oxygens (including phenoxy) is 6. The van der Waals surface area contributed by atoms with Crippen molar-refractivity contribution < 1.29 is 89.4 Å². The lowest BCUT2D eigenvalue weighted by Gasteiger charge is -2.48. The SMILES string of the molecule is CCCCCCCCCC/C=C\CCCCCCCCCCCC(=O)NC(COC1OC(CO)C(OC2OC(CO)C(OC3OC(CO)C(O)C(O)C3O)C(O)C2O)C(O)C1O)C(O)/C=C/CC/C=C/CC/C=C/CCCCCCCCCCCCCCCCC. The Morgan fingerprint density at radius 3 is 1.10 bits per heavy atom. The van der Waals surface area contributed by atoms with E-state index in [0.29, 0.717) is 12.8 Å². The van der Waals surface area contributed by atoms with E-state index < -0.39 is 124 Å². The molecule has 3 rings (SSSR count). The van der Waals surface area contributed by atoms with E-state index in [1.54, 1.807) is 6.08 Å². The number of aliphatic hydroxyl groups is 11. The summed E-state index contributed by atoms with van der Waals surface area (Å²) in [6, 6.07) is -0.999. The Hall–Kier alpha value is -2.25. The first-order chi connectivity index (χ1) is 44.3. The second kappa shape index (κ2) is 53.8. The first kappa shape index (κ1) is 83.0. The van der Waals surface area contributed by atoms with Crippen molar-refractivity contribution in [1.82, 2.24) is 5.32 Å². The van der Waals surface area contributed by atoms with Crippen LogP contribution in [0, 0.1) is 0 Å². The number of aliphatic hydroxyl groups excluding tert-OH is 11. The maximum atomic E-state index is 13.4. The van der Waals surface area contributed by atoms with Crippen LogP contribution in [0.3, 0.4) is 0 Å². The van der Waals surface area contributed by atoms with Crippen molar-refractivity contribution in [2.45, 2.75) is 375 Å². The van der Waals surface area contributed by atoms with Crippen LogP contribution < -0.4 is 5.32 Å². The summed E-state index contributed by atoms with van der Waals surface area (Å²) < 4.78 is 34.4. The molecule has 0 aromatic rings. The summed E-state index contributed by atoms with van der Waals surface area (Å²) in [4.78, 5) is 13.4. The summed E-state index contributed by atoms with van der Waals surface area (Å²) in [5.74, 6) is -0.290. The van der Waals surface area contributed by atoms with Gasteiger partial charge >= 0.3 is 0 Å². The standard InChI is InChI=1S/C72H131NO18/c1-3-5-7-9-11-13-15-17-19-21-23-25-26-27-28-30-31-33-35-37-39-41-43-45-47-49-56(77)55(73-60(78)50-48-46-44-42-40-38-36-34-32-29-24-22-20-18-16-14-12-10-8-6-4-2)54-86-70-66(84)63(81)68(58(52-75)88-70)91-72-67(85)64(82)69(59(53-76)89-72)90-71-65(83)62(80)61(79)57(51-74)87-71/h22,24,31,33,39,41,47,49,55-59,61-72,74-77,79-85H,3-21,23,25-30,32,34-38,40,42-46,48,50-54H2,1-2H3,(H,73,78)/b24-22-,33-31+,41-39+,49-47+. The molecule has 91 heavy (non-hydrogen) atoms. The number of carbonyl (C=O) groups excluding carboxylic acids is 1. The molecule has 19 heteroatoms. The molecule has 0 bridgehead atoms. The van der Waals surface area contributed by atoms with E-state index in [-0.39, 0.29) is 18.9 Å². The number of unbranched alkanes of at least 4 members (excludes halogenated alkanes) is 34. The summed E-state index contributed by atoms with van der Waals surface area (Å²) in [6.45, 7) is 1.73. The highest BCUT2D eigenvalue weighted by Gasteiger charge is 2.53. The minimum Gasteiger partial charge on any atom is -0.394 e. The maximum absolute atomic E-state index is 13.4. The highest BCUT2D eigenvalue weighted by molar-refractivity contribution is 5.76. The number of carbonyl (C=O) groups is 1. The van der Waals surface area contributed by atoms with E-state index in [2.05, 4.69) is 55.6 Å². The second-order valence-electron chi connectivity index (χ2n) is 26.0. The van der Waals surface area contributed by atoms with Gasteiger partial charge in [0.05, 0.1) is 38.6 Å². The van der Waals surface area contributed by atoms with Crippen LogP contribution in [0.4, 0.5) is 0 Å². The van der Waals surface area contributed by atoms with Gasteiger partial charge in [-0.2, -0.15) is 0 Å². The molecule has 1 amide bonds. The van der Waals surface area contributed by atoms with E-state index in [0.717, 1.165) is 57.8 Å². The fourth-order valence-electron chi connectivity index (χ4n) is 12.2. The lowest BCUT2D eigenvalue weighted by molar-refractivity contribution is -0.379. The first-order valence-corrected chi connectivity index (χ1v) is 36.4. The Morgan fingerprint density at radius 1 is 0.385 bits per heavy atom. The molecule has 0 aromatic carbocycles. The minimum atomic E-state index is -1.98. The van der Waals surface area contributed by atoms with Gasteiger partial charge in [0.1, 0.15) is 73.2 Å². The Morgan fingerprint density at radius 2 is 0.703 bits per heavy atom. The summed E-state index contributed by atoms with van der Waals surface area (Å²) in [5.41, 5.74) is 0. The van der Waals surface area contributed by atoms with Gasteiger partial charge in [-0.25, -0.2) is 0 Å². The largest absolute Gasteiger partial charge is 0.394 e. The molecule has 3 aliphatic rings. The first-order valence-electron chi connectivity index (χ1n) is 36.4. The third-order valence-corrected chi connectivity index (χ3v) is 18.1. The zero-order chi connectivity index (χ0) is 66.1. The maximum Gasteiger partial charge on any atom is 0.220 e. The van der Waals surface area contributed by atoms with E-state index in [1.807, 2.05) is 6.08 Å². The van der Waals surface area contributed by atoms with Gasteiger partial charge in [0.15, 0.2) is 18.9 Å². The number of amides is 1. The summed E-state index contributed by atoms with van der Waals surface area (Å²) >= 11 is 0. The molecule has 0 saturated carbocycles. The molecule has 3 aliphatic heterocycles. The normalized spacial score (nSPS) is 28.1. The molecule has 3 heterocycles. The molecule has 532 valence electrons. The topological polar surface area (TPSA) is 307 Å². The lowest BCUT2D eigenvalue weighted by atomic mass is 9.96. The third kappa shape index (κ3) is 35.5. The molecule has 3 saturated heterocycles. The van der Waals surface area contributed by atoms with Crippen molar-refractivity contribution in [2.75, 3.05) is 26.4 Å². The molecular formula is C72H131NO18. The number of nitrogens with one attached hydrogen (secondary N) is 1. The molecule has 17 unspecified atom stereocenters. The Balaban J connectivity index is 1.45. The van der Waals surface area contributed by atoms with E-state index in [1.165, 1.54) is 180 Å². The molecule has 19 nitrogen and oxygen atoms in total. The van der Waals surface area contributed by atoms with Crippen LogP contribution in [0.15, 0.2) is 48.6 Å². The van der Waals surface area contributed by atoms with Crippen molar-refractivity contribution in [3.63, 3.8) is 0 Å². The van der Waals surface area contributed by atoms with E-state index in [9.17, 15) is 61.0 Å². The molecule has 0 radical (unpaired) electrons. The van der Waals surface area contributed by atoms with Gasteiger partial charge in [0, 0.05) is 6.42 Å². The van der Waals surface area contributed by atoms with Gasteiger partial charge in [-0.1, -0.05) is 242 Å². The van der Waals surface area contributed by atoms with Crippen LogP contribution in [-0.2, 0) is 33.2 Å². The lowest BCUT2D eigenvalue weighted by Crippen LogP contribution is -2.66. The Kier molecular flexibility index (Phi) is 49.1. The average Bonchev–Trinajstić information content (AvgIpc) is 0.883. The van der Waals surface area contributed by atoms with Gasteiger partial charge in [0.25, 0.3) is 0 Å². The predicted octanol–water partition coefficient (Wildman–Crippen LogP) is 10.2. The van der Waals surface area contributed by atoms with Crippen LogP contribution >= 0.6 is 0 Å². The third-order valence-electron chi connectivity index (χ3n) is 18.1. The molecule has 17 atom stereocenters. The van der Waals surface area contributed by atoms with E-state index in [4.69, 9.17) is 28.4 Å². The Bertz CT molecular complexity index is 1840. The van der Waals surface area contributed by atoms with Gasteiger partial charge in [0.2, 0.25) is 5.91 Å². The fraction of sp³-hybridized carbons (Fsp3) is 0.875. The molecule has 0 aromatic heterocycles. The van der Waals surface area contributed by atoms with Crippen molar-refractivity contribution in [3.8, 4) is 0 Å². The van der Waals surface area contributed by atoms with E-state index >= 15 is 0 Å². The van der Waals surface area contributed by atoms with Crippen molar-refractivity contribution >= 4 is 5.91 Å². The van der Waals surface area contributed by atoms with Gasteiger partial charge in [-0.05, 0) is 70.6 Å². The van der Waals surface area contributed by atoms with Crippen LogP contribution in [0.25, 0.3) is 0 Å². The number of hydrogen-bond acceptors (Lipinski definition) is 18. The summed E-state index contributed by atoms with van der Waals surface area (Å²) in [7, 11) is 0. The average molecular weight is 1300 g/mol. The molecular weight excluding hydrogens is 1170 g/mol. The quantitative estimate of drug-likeness (QED) is 0.0199. The van der Waals surface area contributed by atoms with Gasteiger partial charge in [-0.3, -0.25) is 4.79 Å². The highest BCUT2D eigenvalue weighted by atomic mass is 16.8. The number of hydrogen-bond donors (Lipinski definition) is 12. The number of allylic oxidation sites excluding steroid dienone is 7. The monoisotopic (exact) mass is 1300 g/mol. The summed E-state index contributed by atoms with van der Waals surface area (Å²) in [6.07, 6.45) is 38.0. The Labute approximate surface area is 548 Å². The smallest absolute Gasteiger partial charge is 0.220 e. The van der Waals surface area contributed by atoms with Crippen LogP contribution in [0.2, 0.25) is 0 Å². The van der Waals surface area contributed by atoms with Crippen molar-refractivity contribution in [3.05, 3.63) is 48.6 Å². The van der Waals surface area contributed by atoms with Gasteiger partial charge in [-0.15, -0.1) is 0 Å². The van der Waals surface area contributed by atoms with Crippen LogP contribution in [0.1, 0.15) is 271 Å². The van der Waals surface area contributed by atoms with Gasteiger partial charge < -0.3 is 89.9 Å². The zero-order valence-electron chi connectivity index (χ0n) is 56.3. The summed E-state index contributed by atoms with van der Waals surface area (Å²) in [5, 5.41) is 121. The fourth-order valence-corrected chi connectivity index (χ4v) is 12.2. The highest BCUT2D eigenvalue weighted by Crippen LogP contribution is 2.33. The minimum absolute atomic E-state index is 0.230. The van der Waals surface area contributed by atoms with Crippen LogP contribution in [0.5, 0.6) is 0 Å². The predicted molar refractivity (Wildman–Crippen MR) is 356 cm³/mol. The molecule has 3 fully saturated rings. The van der Waals surface area contributed by atoms with Crippen LogP contribution in [-0.4, -0.2) is 193 Å². The second-order valence-corrected chi connectivity index (χ2v) is 26.0.